The molecule has 1 amide bonds. The number of nitrogens with one attached hydrogen (secondary N) is 2. The molecule has 1 unspecified atom stereocenters. The van der Waals surface area contributed by atoms with E-state index in [-0.39, 0.29) is 23.6 Å². The number of aromatic nitrogens is 5. The first-order valence-electron chi connectivity index (χ1n) is 9.73. The van der Waals surface area contributed by atoms with Crippen LogP contribution in [-0.2, 0) is 37.2 Å². The summed E-state index contributed by atoms with van der Waals surface area (Å²) >= 11 is 0. The lowest BCUT2D eigenvalue weighted by Crippen LogP contribution is -2.41. The molecule has 0 aliphatic heterocycles. The van der Waals surface area contributed by atoms with Crippen LogP contribution in [0.25, 0.3) is 22.1 Å². The average Bonchev–Trinajstić information content (AvgIpc) is 3.34. The van der Waals surface area contributed by atoms with Crippen molar-refractivity contribution in [1.29, 1.82) is 0 Å². The van der Waals surface area contributed by atoms with E-state index >= 15 is 0 Å². The number of nitrogens with zero attached hydrogens (tertiary/aromatic N) is 4. The molecule has 4 aromatic rings. The predicted molar refractivity (Wildman–Crippen MR) is 118 cm³/mol. The molecule has 32 heavy (non-hydrogen) atoms. The van der Waals surface area contributed by atoms with E-state index in [9.17, 15) is 19.2 Å². The third kappa shape index (κ3) is 4.31. The SMILES string of the molecule is CC(=O)NC(Cc1c[nH]c2ccccc12)C(=O)O.Cn1c(=O)c2c(ncn2C)n(C)c1=O. The highest BCUT2D eigenvalue weighted by molar-refractivity contribution is 5.86. The number of carbonyl (C=O) groups excluding carboxylic acids is 1. The van der Waals surface area contributed by atoms with Crippen molar-refractivity contribution in [2.45, 2.75) is 19.4 Å². The van der Waals surface area contributed by atoms with Gasteiger partial charge in [-0.1, -0.05) is 18.2 Å². The molecule has 0 radical (unpaired) electrons. The van der Waals surface area contributed by atoms with Crippen LogP contribution in [0.4, 0.5) is 0 Å². The summed E-state index contributed by atoms with van der Waals surface area (Å²) in [4.78, 5) is 52.3. The Morgan fingerprint density at radius 3 is 2.50 bits per heavy atom. The van der Waals surface area contributed by atoms with Gasteiger partial charge in [-0.05, 0) is 11.6 Å². The zero-order chi connectivity index (χ0) is 23.6. The van der Waals surface area contributed by atoms with Crippen molar-refractivity contribution in [2.75, 3.05) is 0 Å². The van der Waals surface area contributed by atoms with Crippen LogP contribution in [0.5, 0.6) is 0 Å². The van der Waals surface area contributed by atoms with E-state index in [1.165, 1.54) is 24.9 Å². The van der Waals surface area contributed by atoms with Crippen LogP contribution in [0.1, 0.15) is 12.5 Å². The number of carbonyl (C=O) groups is 2. The maximum Gasteiger partial charge on any atom is 0.332 e. The molecule has 0 aliphatic carbocycles. The third-order valence-electron chi connectivity index (χ3n) is 5.09. The van der Waals surface area contributed by atoms with Gasteiger partial charge in [-0.2, -0.15) is 0 Å². The molecule has 4 rings (SSSR count). The Morgan fingerprint density at radius 1 is 1.16 bits per heavy atom. The van der Waals surface area contributed by atoms with E-state index in [0.29, 0.717) is 11.2 Å². The van der Waals surface area contributed by atoms with Crippen LogP contribution in [0.2, 0.25) is 0 Å². The summed E-state index contributed by atoms with van der Waals surface area (Å²) in [6.07, 6.45) is 3.56. The normalized spacial score (nSPS) is 11.8. The van der Waals surface area contributed by atoms with Gasteiger partial charge in [-0.3, -0.25) is 18.7 Å². The average molecular weight is 440 g/mol. The second-order valence-corrected chi connectivity index (χ2v) is 7.39. The van der Waals surface area contributed by atoms with Gasteiger partial charge in [0.15, 0.2) is 11.2 Å². The number of carboxylic acid groups (broad SMARTS) is 1. The number of H-pyrrole nitrogens is 1. The molecule has 1 aromatic carbocycles. The van der Waals surface area contributed by atoms with E-state index in [4.69, 9.17) is 5.11 Å². The summed E-state index contributed by atoms with van der Waals surface area (Å²) in [5, 5.41) is 12.5. The van der Waals surface area contributed by atoms with Crippen molar-refractivity contribution >= 4 is 33.9 Å². The van der Waals surface area contributed by atoms with Crippen molar-refractivity contribution in [2.24, 2.45) is 21.1 Å². The minimum Gasteiger partial charge on any atom is -0.480 e. The van der Waals surface area contributed by atoms with Crippen molar-refractivity contribution in [1.82, 2.24) is 29.0 Å². The number of benzene rings is 1. The van der Waals surface area contributed by atoms with Crippen molar-refractivity contribution < 1.29 is 14.7 Å². The number of amides is 1. The number of carboxylic acids is 1. The zero-order valence-corrected chi connectivity index (χ0v) is 18.1. The fourth-order valence-electron chi connectivity index (χ4n) is 3.44. The van der Waals surface area contributed by atoms with Crippen LogP contribution < -0.4 is 16.6 Å². The molecule has 1 atom stereocenters. The van der Waals surface area contributed by atoms with E-state index in [1.807, 2.05) is 24.3 Å². The van der Waals surface area contributed by atoms with E-state index in [2.05, 4.69) is 15.3 Å². The van der Waals surface area contributed by atoms with E-state index < -0.39 is 12.0 Å². The van der Waals surface area contributed by atoms with Crippen LogP contribution in [0.15, 0.2) is 46.4 Å². The highest BCUT2D eigenvalue weighted by Crippen LogP contribution is 2.19. The summed E-state index contributed by atoms with van der Waals surface area (Å²) < 4.78 is 4.04. The van der Waals surface area contributed by atoms with E-state index in [1.54, 1.807) is 24.9 Å². The maximum atomic E-state index is 11.7. The Balaban J connectivity index is 0.000000186. The van der Waals surface area contributed by atoms with Crippen molar-refractivity contribution in [3.8, 4) is 0 Å². The summed E-state index contributed by atoms with van der Waals surface area (Å²) in [5.74, 6) is -1.38. The number of aryl methyl sites for hydroxylation is 2. The largest absolute Gasteiger partial charge is 0.480 e. The molecular weight excluding hydrogens is 416 g/mol. The smallest absolute Gasteiger partial charge is 0.332 e. The Hall–Kier alpha value is -4.15. The minimum absolute atomic E-state index is 0.263. The quantitative estimate of drug-likeness (QED) is 0.416. The molecule has 0 spiro atoms. The number of hydrogen-bond donors (Lipinski definition) is 3. The maximum absolute atomic E-state index is 11.7. The lowest BCUT2D eigenvalue weighted by molar-refractivity contribution is -0.141. The molecule has 3 heterocycles. The number of rotatable bonds is 4. The molecule has 3 aromatic heterocycles. The lowest BCUT2D eigenvalue weighted by atomic mass is 10.1. The minimum atomic E-state index is -1.03. The van der Waals surface area contributed by atoms with Gasteiger partial charge >= 0.3 is 11.7 Å². The van der Waals surface area contributed by atoms with Crippen LogP contribution >= 0.6 is 0 Å². The highest BCUT2D eigenvalue weighted by Gasteiger charge is 2.20. The molecule has 0 fully saturated rings. The first-order valence-corrected chi connectivity index (χ1v) is 9.73. The molecular formula is C21H24N6O5. The van der Waals surface area contributed by atoms with Gasteiger partial charge in [0.05, 0.1) is 6.33 Å². The molecule has 3 N–H and O–H groups in total. The fraction of sp³-hybridized carbons (Fsp3) is 0.286. The predicted octanol–water partition coefficient (Wildman–Crippen LogP) is 0.270. The Bertz CT molecular complexity index is 1420. The summed E-state index contributed by atoms with van der Waals surface area (Å²) in [7, 11) is 4.77. The fourth-order valence-corrected chi connectivity index (χ4v) is 3.44. The van der Waals surface area contributed by atoms with Crippen LogP contribution in [0, 0.1) is 0 Å². The topological polar surface area (TPSA) is 144 Å². The van der Waals surface area contributed by atoms with Crippen LogP contribution in [-0.4, -0.2) is 46.7 Å². The van der Waals surface area contributed by atoms with Gasteiger partial charge in [0.25, 0.3) is 5.56 Å². The molecule has 168 valence electrons. The molecule has 11 nitrogen and oxygen atoms in total. The van der Waals surface area contributed by atoms with Crippen molar-refractivity contribution in [3.63, 3.8) is 0 Å². The number of fused-ring (bicyclic) bond motifs is 2. The number of para-hydroxylation sites is 1. The third-order valence-corrected chi connectivity index (χ3v) is 5.09. The Labute approximate surface area is 181 Å². The van der Waals surface area contributed by atoms with Gasteiger partial charge in [0.1, 0.15) is 6.04 Å². The standard InChI is InChI=1S/C13H14N2O3.C8H10N4O2/c1-8(16)15-12(13(17)18)6-9-7-14-11-5-3-2-4-10(9)11;1-10-4-9-6-5(10)7(13)12(3)8(14)11(6)2/h2-5,7,12,14H,6H2,1H3,(H,15,16)(H,17,18);4H,1-3H3. The zero-order valence-electron chi connectivity index (χ0n) is 18.1. The summed E-state index contributed by atoms with van der Waals surface area (Å²) in [6.45, 7) is 1.31. The summed E-state index contributed by atoms with van der Waals surface area (Å²) in [6, 6.07) is 6.75. The number of aromatic amines is 1. The Morgan fingerprint density at radius 2 is 1.84 bits per heavy atom. The lowest BCUT2D eigenvalue weighted by Gasteiger charge is -2.12. The first kappa shape index (κ1) is 22.5. The van der Waals surface area contributed by atoms with Gasteiger partial charge in [-0.15, -0.1) is 0 Å². The van der Waals surface area contributed by atoms with Gasteiger partial charge in [0.2, 0.25) is 5.91 Å². The number of aliphatic carboxylic acids is 1. The van der Waals surface area contributed by atoms with Gasteiger partial charge in [-0.25, -0.2) is 14.6 Å². The Kier molecular flexibility index (Phi) is 6.28. The van der Waals surface area contributed by atoms with Gasteiger partial charge in [0, 0.05) is 51.6 Å². The molecule has 0 saturated carbocycles. The monoisotopic (exact) mass is 440 g/mol. The highest BCUT2D eigenvalue weighted by atomic mass is 16.4. The van der Waals surface area contributed by atoms with Crippen molar-refractivity contribution in [3.05, 3.63) is 63.2 Å². The second kappa shape index (κ2) is 8.92. The molecule has 0 saturated heterocycles. The first-order chi connectivity index (χ1) is 15.1. The second-order valence-electron chi connectivity index (χ2n) is 7.39. The van der Waals surface area contributed by atoms with Gasteiger partial charge < -0.3 is 20.0 Å². The molecule has 0 bridgehead atoms. The number of imidazole rings is 1. The van der Waals surface area contributed by atoms with Crippen LogP contribution in [0.3, 0.4) is 0 Å². The number of hydrogen-bond acceptors (Lipinski definition) is 5. The van der Waals surface area contributed by atoms with E-state index in [0.717, 1.165) is 21.0 Å². The molecule has 0 aliphatic rings. The molecule has 11 heteroatoms. The summed E-state index contributed by atoms with van der Waals surface area (Å²) in [5.41, 5.74) is 2.02.